The maximum Gasteiger partial charge on any atom is 0.237 e. The summed E-state index contributed by atoms with van der Waals surface area (Å²) in [5.74, 6) is 0.489. The summed E-state index contributed by atoms with van der Waals surface area (Å²) in [6, 6.07) is 18.2. The minimum atomic E-state index is -0.192. The number of hydrogen-bond acceptors (Lipinski definition) is 3. The Hall–Kier alpha value is -2.66. The standard InChI is InChI=1S/C25H33N3O2/c1-19-9-11-22(12-10-19)17-24(29)28-15-13-27(14-16-28)21(3)25(30)26-18-20(2)23-7-5-4-6-8-23/h4-12,20-21H,13-18H2,1-3H3,(H,26,30). The lowest BCUT2D eigenvalue weighted by molar-refractivity contribution is -0.133. The molecule has 0 aliphatic carbocycles. The number of nitrogens with zero attached hydrogens (tertiary/aromatic N) is 2. The van der Waals surface area contributed by atoms with E-state index in [0.717, 1.165) is 18.7 Å². The number of aryl methyl sites for hydroxylation is 1. The smallest absolute Gasteiger partial charge is 0.237 e. The van der Waals surface area contributed by atoms with Crippen molar-refractivity contribution >= 4 is 11.8 Å². The van der Waals surface area contributed by atoms with E-state index in [9.17, 15) is 9.59 Å². The lowest BCUT2D eigenvalue weighted by Crippen LogP contribution is -2.55. The molecule has 5 nitrogen and oxygen atoms in total. The van der Waals surface area contributed by atoms with Gasteiger partial charge in [0.05, 0.1) is 12.5 Å². The molecular weight excluding hydrogens is 374 g/mol. The molecule has 1 aliphatic heterocycles. The second-order valence-electron chi connectivity index (χ2n) is 8.31. The zero-order valence-electron chi connectivity index (χ0n) is 18.3. The molecule has 2 amide bonds. The van der Waals surface area contributed by atoms with Crippen molar-refractivity contribution in [1.29, 1.82) is 0 Å². The third-order valence-corrected chi connectivity index (χ3v) is 6.02. The van der Waals surface area contributed by atoms with Gasteiger partial charge in [0.1, 0.15) is 0 Å². The van der Waals surface area contributed by atoms with Gasteiger partial charge in [-0.3, -0.25) is 14.5 Å². The summed E-state index contributed by atoms with van der Waals surface area (Å²) in [6.45, 7) is 9.54. The normalized spacial score (nSPS) is 16.7. The highest BCUT2D eigenvalue weighted by Crippen LogP contribution is 2.14. The second-order valence-corrected chi connectivity index (χ2v) is 8.31. The van der Waals surface area contributed by atoms with Crippen LogP contribution in [-0.4, -0.2) is 60.4 Å². The molecule has 0 radical (unpaired) electrons. The van der Waals surface area contributed by atoms with Gasteiger partial charge >= 0.3 is 0 Å². The van der Waals surface area contributed by atoms with E-state index in [4.69, 9.17) is 0 Å². The number of piperazine rings is 1. The number of amides is 2. The molecule has 0 spiro atoms. The molecule has 2 aromatic carbocycles. The zero-order valence-corrected chi connectivity index (χ0v) is 18.3. The molecule has 1 N–H and O–H groups in total. The van der Waals surface area contributed by atoms with Crippen molar-refractivity contribution in [2.24, 2.45) is 0 Å². The summed E-state index contributed by atoms with van der Waals surface area (Å²) in [4.78, 5) is 29.3. The molecule has 1 saturated heterocycles. The van der Waals surface area contributed by atoms with E-state index in [1.165, 1.54) is 11.1 Å². The highest BCUT2D eigenvalue weighted by molar-refractivity contribution is 5.81. The van der Waals surface area contributed by atoms with E-state index in [0.29, 0.717) is 26.1 Å². The summed E-state index contributed by atoms with van der Waals surface area (Å²) in [7, 11) is 0. The van der Waals surface area contributed by atoms with E-state index in [1.54, 1.807) is 0 Å². The zero-order chi connectivity index (χ0) is 21.5. The van der Waals surface area contributed by atoms with E-state index >= 15 is 0 Å². The highest BCUT2D eigenvalue weighted by Gasteiger charge is 2.27. The Morgan fingerprint density at radius 2 is 1.57 bits per heavy atom. The number of carbonyl (C=O) groups excluding carboxylic acids is 2. The molecule has 0 saturated carbocycles. The number of nitrogens with one attached hydrogen (secondary N) is 1. The number of hydrogen-bond donors (Lipinski definition) is 1. The van der Waals surface area contributed by atoms with Crippen LogP contribution in [0.4, 0.5) is 0 Å². The third kappa shape index (κ3) is 5.92. The third-order valence-electron chi connectivity index (χ3n) is 6.02. The van der Waals surface area contributed by atoms with Crippen LogP contribution in [-0.2, 0) is 16.0 Å². The molecule has 2 aromatic rings. The summed E-state index contributed by atoms with van der Waals surface area (Å²) in [6.07, 6.45) is 0.438. The van der Waals surface area contributed by atoms with Crippen LogP contribution in [0.15, 0.2) is 54.6 Å². The van der Waals surface area contributed by atoms with Crippen molar-refractivity contribution in [2.45, 2.75) is 39.2 Å². The molecule has 0 bridgehead atoms. The van der Waals surface area contributed by atoms with Crippen LogP contribution in [0.1, 0.15) is 36.5 Å². The lowest BCUT2D eigenvalue weighted by atomic mass is 10.0. The van der Waals surface area contributed by atoms with Crippen molar-refractivity contribution in [3.05, 3.63) is 71.3 Å². The predicted octanol–water partition coefficient (Wildman–Crippen LogP) is 2.99. The summed E-state index contributed by atoms with van der Waals surface area (Å²) < 4.78 is 0. The maximum atomic E-state index is 12.6. The summed E-state index contributed by atoms with van der Waals surface area (Å²) in [5.41, 5.74) is 3.48. The topological polar surface area (TPSA) is 52.7 Å². The van der Waals surface area contributed by atoms with Crippen molar-refractivity contribution in [1.82, 2.24) is 15.1 Å². The molecule has 160 valence electrons. The van der Waals surface area contributed by atoms with Crippen molar-refractivity contribution < 1.29 is 9.59 Å². The SMILES string of the molecule is Cc1ccc(CC(=O)N2CCN(C(C)C(=O)NCC(C)c3ccccc3)CC2)cc1. The quantitative estimate of drug-likeness (QED) is 0.768. The Bertz CT molecular complexity index is 827. The largest absolute Gasteiger partial charge is 0.354 e. The van der Waals surface area contributed by atoms with E-state index in [1.807, 2.05) is 61.2 Å². The van der Waals surface area contributed by atoms with E-state index < -0.39 is 0 Å². The van der Waals surface area contributed by atoms with Crippen molar-refractivity contribution in [3.63, 3.8) is 0 Å². The molecule has 3 rings (SSSR count). The van der Waals surface area contributed by atoms with Gasteiger partial charge in [-0.05, 0) is 30.9 Å². The molecule has 2 unspecified atom stereocenters. The van der Waals surface area contributed by atoms with Gasteiger partial charge in [0.25, 0.3) is 0 Å². The van der Waals surface area contributed by atoms with Crippen LogP contribution in [0.3, 0.4) is 0 Å². The molecule has 1 fully saturated rings. The molecule has 1 aliphatic rings. The van der Waals surface area contributed by atoms with E-state index in [2.05, 4.69) is 29.3 Å². The molecular formula is C25H33N3O2. The van der Waals surface area contributed by atoms with Crippen LogP contribution in [0.2, 0.25) is 0 Å². The maximum absolute atomic E-state index is 12.6. The summed E-state index contributed by atoms with van der Waals surface area (Å²) in [5, 5.41) is 3.09. The van der Waals surface area contributed by atoms with Gasteiger partial charge in [0.15, 0.2) is 0 Å². The van der Waals surface area contributed by atoms with Gasteiger partial charge in [-0.2, -0.15) is 0 Å². The Kier molecular flexibility index (Phi) is 7.63. The van der Waals surface area contributed by atoms with Gasteiger partial charge in [-0.25, -0.2) is 0 Å². The first-order chi connectivity index (χ1) is 14.4. The van der Waals surface area contributed by atoms with Gasteiger partial charge in [0, 0.05) is 32.7 Å². The molecule has 1 heterocycles. The average molecular weight is 408 g/mol. The molecule has 2 atom stereocenters. The van der Waals surface area contributed by atoms with Crippen molar-refractivity contribution in [2.75, 3.05) is 32.7 Å². The lowest BCUT2D eigenvalue weighted by Gasteiger charge is -2.37. The summed E-state index contributed by atoms with van der Waals surface area (Å²) >= 11 is 0. The number of rotatable bonds is 7. The Morgan fingerprint density at radius 3 is 2.20 bits per heavy atom. The first-order valence-corrected chi connectivity index (χ1v) is 10.8. The number of benzene rings is 2. The fraction of sp³-hybridized carbons (Fsp3) is 0.440. The fourth-order valence-electron chi connectivity index (χ4n) is 3.82. The minimum absolute atomic E-state index is 0.0530. The first-order valence-electron chi connectivity index (χ1n) is 10.8. The minimum Gasteiger partial charge on any atom is -0.354 e. The Labute approximate surface area is 180 Å². The van der Waals surface area contributed by atoms with Crippen LogP contribution >= 0.6 is 0 Å². The van der Waals surface area contributed by atoms with Gasteiger partial charge < -0.3 is 10.2 Å². The average Bonchev–Trinajstić information content (AvgIpc) is 2.79. The molecule has 0 aromatic heterocycles. The van der Waals surface area contributed by atoms with Gasteiger partial charge in [0.2, 0.25) is 11.8 Å². The predicted molar refractivity (Wildman–Crippen MR) is 120 cm³/mol. The highest BCUT2D eigenvalue weighted by atomic mass is 16.2. The monoisotopic (exact) mass is 407 g/mol. The van der Waals surface area contributed by atoms with Gasteiger partial charge in [-0.15, -0.1) is 0 Å². The number of carbonyl (C=O) groups is 2. The van der Waals surface area contributed by atoms with Crippen LogP contribution < -0.4 is 5.32 Å². The first kappa shape index (κ1) is 22.0. The Morgan fingerprint density at radius 1 is 0.933 bits per heavy atom. The second kappa shape index (κ2) is 10.4. The molecule has 30 heavy (non-hydrogen) atoms. The fourth-order valence-corrected chi connectivity index (χ4v) is 3.82. The van der Waals surface area contributed by atoms with Crippen molar-refractivity contribution in [3.8, 4) is 0 Å². The van der Waals surface area contributed by atoms with Crippen LogP contribution in [0.25, 0.3) is 0 Å². The van der Waals surface area contributed by atoms with Crippen LogP contribution in [0, 0.1) is 6.92 Å². The Balaban J connectivity index is 1.42. The van der Waals surface area contributed by atoms with Crippen LogP contribution in [0.5, 0.6) is 0 Å². The van der Waals surface area contributed by atoms with Gasteiger partial charge in [-0.1, -0.05) is 67.1 Å². The molecule has 5 heteroatoms. The van der Waals surface area contributed by atoms with E-state index in [-0.39, 0.29) is 23.8 Å².